The van der Waals surface area contributed by atoms with Crippen LogP contribution < -0.4 is 5.32 Å². The number of guanidine groups is 1. The van der Waals surface area contributed by atoms with Crippen LogP contribution >= 0.6 is 0 Å². The minimum atomic E-state index is 0.378. The predicted octanol–water partition coefficient (Wildman–Crippen LogP) is 2.72. The van der Waals surface area contributed by atoms with E-state index in [2.05, 4.69) is 52.5 Å². The van der Waals surface area contributed by atoms with Crippen LogP contribution in [0.1, 0.15) is 43.8 Å². The Morgan fingerprint density at radius 1 is 1.24 bits per heavy atom. The molecule has 154 valence electrons. The lowest BCUT2D eigenvalue weighted by Crippen LogP contribution is -2.38. The van der Waals surface area contributed by atoms with Gasteiger partial charge in [0.05, 0.1) is 5.69 Å². The molecule has 3 aromatic rings. The van der Waals surface area contributed by atoms with Crippen LogP contribution in [0.4, 0.5) is 0 Å². The van der Waals surface area contributed by atoms with Crippen molar-refractivity contribution in [1.29, 1.82) is 0 Å². The fourth-order valence-corrected chi connectivity index (χ4v) is 3.28. The number of rotatable bonds is 7. The molecule has 0 radical (unpaired) electrons. The molecule has 1 N–H and O–H groups in total. The van der Waals surface area contributed by atoms with Gasteiger partial charge in [-0.25, -0.2) is 4.99 Å². The lowest BCUT2D eigenvalue weighted by molar-refractivity contribution is 0.473. The van der Waals surface area contributed by atoms with Gasteiger partial charge in [0.2, 0.25) is 0 Å². The van der Waals surface area contributed by atoms with Gasteiger partial charge >= 0.3 is 0 Å². The topological polar surface area (TPSA) is 76.2 Å². The molecule has 1 aromatic carbocycles. The molecule has 0 unspecified atom stereocenters. The molecule has 0 saturated heterocycles. The standard InChI is InChI=1S/C21H30N8/c1-6-22-21(27(4)13-17-14-28(5)26-20(17)16(2)3)23-12-19-25-24-15-29(19)18-10-8-7-9-11-18/h7-11,14-16H,6,12-13H2,1-5H3,(H,22,23). The molecule has 2 heterocycles. The average Bonchev–Trinajstić information content (AvgIpc) is 3.32. The first-order valence-electron chi connectivity index (χ1n) is 9.95. The number of nitrogens with one attached hydrogen (secondary N) is 1. The second-order valence-electron chi connectivity index (χ2n) is 7.35. The molecule has 29 heavy (non-hydrogen) atoms. The molecule has 0 aliphatic heterocycles. The summed E-state index contributed by atoms with van der Waals surface area (Å²) in [5.41, 5.74) is 3.36. The van der Waals surface area contributed by atoms with Gasteiger partial charge in [-0.3, -0.25) is 9.25 Å². The van der Waals surface area contributed by atoms with E-state index < -0.39 is 0 Å². The molecule has 0 aliphatic rings. The zero-order valence-electron chi connectivity index (χ0n) is 17.9. The summed E-state index contributed by atoms with van der Waals surface area (Å²) < 4.78 is 3.84. The first-order valence-corrected chi connectivity index (χ1v) is 9.95. The molecule has 0 aliphatic carbocycles. The fraction of sp³-hybridized carbons (Fsp3) is 0.429. The Hall–Kier alpha value is -3.16. The van der Waals surface area contributed by atoms with Gasteiger partial charge in [-0.05, 0) is 25.0 Å². The van der Waals surface area contributed by atoms with Gasteiger partial charge in [-0.2, -0.15) is 5.10 Å². The van der Waals surface area contributed by atoms with E-state index in [1.54, 1.807) is 6.33 Å². The minimum absolute atomic E-state index is 0.378. The summed E-state index contributed by atoms with van der Waals surface area (Å²) in [6.45, 7) is 8.37. The molecule has 3 rings (SSSR count). The van der Waals surface area contributed by atoms with Crippen molar-refractivity contribution in [3.63, 3.8) is 0 Å². The van der Waals surface area contributed by atoms with E-state index in [0.717, 1.165) is 36.3 Å². The van der Waals surface area contributed by atoms with Crippen molar-refractivity contribution < 1.29 is 0 Å². The van der Waals surface area contributed by atoms with Crippen LogP contribution in [0.5, 0.6) is 0 Å². The number of aromatic nitrogens is 5. The van der Waals surface area contributed by atoms with Crippen LogP contribution in [0.25, 0.3) is 5.69 Å². The van der Waals surface area contributed by atoms with Gasteiger partial charge in [0.1, 0.15) is 12.9 Å². The largest absolute Gasteiger partial charge is 0.357 e. The summed E-state index contributed by atoms with van der Waals surface area (Å²) in [5.74, 6) is 2.00. The predicted molar refractivity (Wildman–Crippen MR) is 115 cm³/mol. The Bertz CT molecular complexity index is 939. The van der Waals surface area contributed by atoms with Gasteiger partial charge < -0.3 is 10.2 Å². The molecule has 0 bridgehead atoms. The summed E-state index contributed by atoms with van der Waals surface area (Å²) in [6, 6.07) is 10.1. The normalized spacial score (nSPS) is 11.9. The second kappa shape index (κ2) is 9.36. The molecule has 0 spiro atoms. The van der Waals surface area contributed by atoms with E-state index in [-0.39, 0.29) is 0 Å². The summed E-state index contributed by atoms with van der Waals surface area (Å²) in [4.78, 5) is 6.92. The van der Waals surface area contributed by atoms with Gasteiger partial charge in [-0.15, -0.1) is 10.2 Å². The van der Waals surface area contributed by atoms with Crippen LogP contribution in [-0.4, -0.2) is 49.0 Å². The number of nitrogens with zero attached hydrogens (tertiary/aromatic N) is 7. The molecule has 0 saturated carbocycles. The lowest BCUT2D eigenvalue weighted by atomic mass is 10.1. The Balaban J connectivity index is 1.78. The number of aliphatic imine (C=N–C) groups is 1. The van der Waals surface area contributed by atoms with E-state index in [0.29, 0.717) is 12.5 Å². The highest BCUT2D eigenvalue weighted by molar-refractivity contribution is 5.79. The van der Waals surface area contributed by atoms with Crippen LogP contribution in [0.2, 0.25) is 0 Å². The van der Waals surface area contributed by atoms with E-state index in [4.69, 9.17) is 4.99 Å². The number of benzene rings is 1. The summed E-state index contributed by atoms with van der Waals surface area (Å²) in [6.07, 6.45) is 3.81. The SMILES string of the molecule is CCNC(=NCc1nncn1-c1ccccc1)N(C)Cc1cn(C)nc1C(C)C. The quantitative estimate of drug-likeness (QED) is 0.493. The third kappa shape index (κ3) is 5.01. The van der Waals surface area contributed by atoms with Crippen LogP contribution in [-0.2, 0) is 20.1 Å². The van der Waals surface area contributed by atoms with Crippen molar-refractivity contribution in [2.45, 2.75) is 39.8 Å². The lowest BCUT2D eigenvalue weighted by Gasteiger charge is -2.22. The van der Waals surface area contributed by atoms with Crippen molar-refractivity contribution in [2.75, 3.05) is 13.6 Å². The molecule has 0 atom stereocenters. The molecule has 8 nitrogen and oxygen atoms in total. The maximum absolute atomic E-state index is 4.80. The first-order chi connectivity index (χ1) is 14.0. The van der Waals surface area contributed by atoms with Crippen molar-refractivity contribution in [1.82, 2.24) is 34.8 Å². The van der Waals surface area contributed by atoms with Crippen molar-refractivity contribution in [3.05, 3.63) is 59.9 Å². The Morgan fingerprint density at radius 3 is 2.69 bits per heavy atom. The minimum Gasteiger partial charge on any atom is -0.357 e. The van der Waals surface area contributed by atoms with E-state index in [1.165, 1.54) is 5.56 Å². The molecule has 0 fully saturated rings. The van der Waals surface area contributed by atoms with Gasteiger partial charge in [-0.1, -0.05) is 32.0 Å². The zero-order chi connectivity index (χ0) is 20.8. The molecule has 0 amide bonds. The third-order valence-corrected chi connectivity index (χ3v) is 4.61. The van der Waals surface area contributed by atoms with Crippen molar-refractivity contribution in [3.8, 4) is 5.69 Å². The van der Waals surface area contributed by atoms with E-state index in [1.807, 2.05) is 53.7 Å². The maximum Gasteiger partial charge on any atom is 0.194 e. The summed E-state index contributed by atoms with van der Waals surface area (Å²) in [5, 5.41) is 16.3. The highest BCUT2D eigenvalue weighted by Gasteiger charge is 2.15. The van der Waals surface area contributed by atoms with E-state index >= 15 is 0 Å². The van der Waals surface area contributed by atoms with Crippen LogP contribution in [0.3, 0.4) is 0 Å². The Morgan fingerprint density at radius 2 is 2.00 bits per heavy atom. The summed E-state index contributed by atoms with van der Waals surface area (Å²) in [7, 11) is 4.01. The molecular weight excluding hydrogens is 364 g/mol. The molecular formula is C21H30N8. The van der Waals surface area contributed by atoms with Gasteiger partial charge in [0.15, 0.2) is 11.8 Å². The first kappa shape index (κ1) is 20.6. The number of hydrogen-bond acceptors (Lipinski definition) is 4. The second-order valence-corrected chi connectivity index (χ2v) is 7.35. The molecule has 8 heteroatoms. The maximum atomic E-state index is 4.80. The smallest absolute Gasteiger partial charge is 0.194 e. The molecule has 2 aromatic heterocycles. The third-order valence-electron chi connectivity index (χ3n) is 4.61. The average molecular weight is 395 g/mol. The van der Waals surface area contributed by atoms with Gasteiger partial charge in [0.25, 0.3) is 0 Å². The number of para-hydroxylation sites is 1. The number of aryl methyl sites for hydroxylation is 1. The van der Waals surface area contributed by atoms with Crippen molar-refractivity contribution >= 4 is 5.96 Å². The van der Waals surface area contributed by atoms with E-state index in [9.17, 15) is 0 Å². The van der Waals surface area contributed by atoms with Gasteiger partial charge in [0, 0.05) is 44.6 Å². The van der Waals surface area contributed by atoms with Crippen molar-refractivity contribution in [2.24, 2.45) is 12.0 Å². The monoisotopic (exact) mass is 394 g/mol. The summed E-state index contributed by atoms with van der Waals surface area (Å²) >= 11 is 0. The Kier molecular flexibility index (Phi) is 6.64. The number of hydrogen-bond donors (Lipinski definition) is 1. The highest BCUT2D eigenvalue weighted by Crippen LogP contribution is 2.18. The Labute approximate surface area is 172 Å². The van der Waals surface area contributed by atoms with Crippen LogP contribution in [0, 0.1) is 0 Å². The zero-order valence-corrected chi connectivity index (χ0v) is 17.9. The van der Waals surface area contributed by atoms with Crippen LogP contribution in [0.15, 0.2) is 47.8 Å². The fourth-order valence-electron chi connectivity index (χ4n) is 3.28. The highest BCUT2D eigenvalue weighted by atomic mass is 15.3.